The normalized spacial score (nSPS) is 21.1. The number of carbonyl (C=O) groups is 1. The molecule has 1 fully saturated rings. The van der Waals surface area contributed by atoms with Crippen LogP contribution in [0.15, 0.2) is 24.3 Å². The Morgan fingerprint density at radius 2 is 1.96 bits per heavy atom. The standard InChI is InChI=1S/C17H21N3O3/c1-10-8-15(20-19-10)17(23)18-12-4-2-11(3-5-12)14-7-6-13(21)9-16(14)22/h6-9,11-12,21-22H,2-5H2,1H3,(H,18,23)(H,19,20). The van der Waals surface area contributed by atoms with E-state index < -0.39 is 0 Å². The largest absolute Gasteiger partial charge is 0.508 e. The number of hydrogen-bond donors (Lipinski definition) is 4. The number of aromatic nitrogens is 2. The number of phenolic OH excluding ortho intramolecular Hbond substituents is 2. The van der Waals surface area contributed by atoms with E-state index in [2.05, 4.69) is 15.5 Å². The third-order valence-corrected chi connectivity index (χ3v) is 4.45. The molecule has 6 nitrogen and oxygen atoms in total. The Kier molecular flexibility index (Phi) is 4.23. The van der Waals surface area contributed by atoms with Crippen LogP contribution in [0.1, 0.15) is 53.3 Å². The molecular formula is C17H21N3O3. The second kappa shape index (κ2) is 6.32. The minimum absolute atomic E-state index is 0.0708. The fraction of sp³-hybridized carbons (Fsp3) is 0.412. The fourth-order valence-corrected chi connectivity index (χ4v) is 3.22. The Hall–Kier alpha value is -2.50. The van der Waals surface area contributed by atoms with Crippen molar-refractivity contribution in [2.24, 2.45) is 0 Å². The molecule has 23 heavy (non-hydrogen) atoms. The molecule has 0 spiro atoms. The molecule has 3 rings (SSSR count). The summed E-state index contributed by atoms with van der Waals surface area (Å²) in [4.78, 5) is 12.1. The van der Waals surface area contributed by atoms with Gasteiger partial charge in [-0.1, -0.05) is 6.07 Å². The van der Waals surface area contributed by atoms with Gasteiger partial charge in [-0.25, -0.2) is 0 Å². The van der Waals surface area contributed by atoms with Crippen LogP contribution in [-0.2, 0) is 0 Å². The van der Waals surface area contributed by atoms with Gasteiger partial charge in [0.15, 0.2) is 0 Å². The highest BCUT2D eigenvalue weighted by Gasteiger charge is 2.25. The van der Waals surface area contributed by atoms with Crippen molar-refractivity contribution < 1.29 is 15.0 Å². The van der Waals surface area contributed by atoms with Gasteiger partial charge in [-0.15, -0.1) is 0 Å². The van der Waals surface area contributed by atoms with Crippen molar-refractivity contribution in [3.63, 3.8) is 0 Å². The molecule has 1 heterocycles. The number of nitrogens with one attached hydrogen (secondary N) is 2. The van der Waals surface area contributed by atoms with Gasteiger partial charge in [0, 0.05) is 17.8 Å². The summed E-state index contributed by atoms with van der Waals surface area (Å²) < 4.78 is 0. The molecule has 0 unspecified atom stereocenters. The number of nitrogens with zero attached hydrogens (tertiary/aromatic N) is 1. The van der Waals surface area contributed by atoms with Crippen molar-refractivity contribution in [2.75, 3.05) is 0 Å². The van der Waals surface area contributed by atoms with E-state index in [0.29, 0.717) is 5.69 Å². The summed E-state index contributed by atoms with van der Waals surface area (Å²) in [6.45, 7) is 1.86. The number of rotatable bonds is 3. The zero-order valence-electron chi connectivity index (χ0n) is 13.0. The van der Waals surface area contributed by atoms with Crippen LogP contribution in [0.4, 0.5) is 0 Å². The molecule has 0 aliphatic heterocycles. The summed E-state index contributed by atoms with van der Waals surface area (Å²) in [6.07, 6.45) is 3.51. The minimum atomic E-state index is -0.148. The Morgan fingerprint density at radius 1 is 1.22 bits per heavy atom. The van der Waals surface area contributed by atoms with Gasteiger partial charge in [0.2, 0.25) is 0 Å². The van der Waals surface area contributed by atoms with Crippen LogP contribution in [0.25, 0.3) is 0 Å². The maximum absolute atomic E-state index is 12.1. The molecule has 0 saturated heterocycles. The molecule has 0 radical (unpaired) electrons. The van der Waals surface area contributed by atoms with E-state index in [1.165, 1.54) is 6.07 Å². The lowest BCUT2D eigenvalue weighted by Crippen LogP contribution is -2.37. The summed E-state index contributed by atoms with van der Waals surface area (Å²) in [5, 5.41) is 29.1. The molecule has 1 aliphatic rings. The molecule has 0 bridgehead atoms. The summed E-state index contributed by atoms with van der Waals surface area (Å²) in [7, 11) is 0. The first-order valence-corrected chi connectivity index (χ1v) is 7.87. The molecule has 1 amide bonds. The lowest BCUT2D eigenvalue weighted by Gasteiger charge is -2.29. The third kappa shape index (κ3) is 3.47. The molecule has 1 aliphatic carbocycles. The Balaban J connectivity index is 1.57. The molecule has 1 saturated carbocycles. The monoisotopic (exact) mass is 315 g/mol. The molecule has 1 aromatic heterocycles. The van der Waals surface area contributed by atoms with E-state index in [1.807, 2.05) is 6.92 Å². The van der Waals surface area contributed by atoms with E-state index in [4.69, 9.17) is 0 Å². The second-order valence-electron chi connectivity index (χ2n) is 6.20. The highest BCUT2D eigenvalue weighted by Crippen LogP contribution is 2.38. The van der Waals surface area contributed by atoms with Gasteiger partial charge in [-0.3, -0.25) is 9.89 Å². The molecule has 122 valence electrons. The van der Waals surface area contributed by atoms with E-state index in [-0.39, 0.29) is 29.4 Å². The predicted molar refractivity (Wildman–Crippen MR) is 85.6 cm³/mol. The van der Waals surface area contributed by atoms with Crippen LogP contribution >= 0.6 is 0 Å². The first kappa shape index (κ1) is 15.4. The maximum atomic E-state index is 12.1. The molecule has 1 aromatic carbocycles. The summed E-state index contributed by atoms with van der Waals surface area (Å²) in [5.41, 5.74) is 2.15. The van der Waals surface area contributed by atoms with Crippen LogP contribution < -0.4 is 5.32 Å². The van der Waals surface area contributed by atoms with Crippen molar-refractivity contribution in [3.05, 3.63) is 41.2 Å². The van der Waals surface area contributed by atoms with Crippen LogP contribution in [0.5, 0.6) is 11.5 Å². The topological polar surface area (TPSA) is 98.2 Å². The predicted octanol–water partition coefficient (Wildman–Crippen LogP) is 2.59. The molecule has 0 atom stereocenters. The number of aryl methyl sites for hydroxylation is 1. The van der Waals surface area contributed by atoms with Gasteiger partial charge in [0.25, 0.3) is 5.91 Å². The lowest BCUT2D eigenvalue weighted by atomic mass is 9.81. The van der Waals surface area contributed by atoms with Gasteiger partial charge >= 0.3 is 0 Å². The molecule has 6 heteroatoms. The van der Waals surface area contributed by atoms with Gasteiger partial charge < -0.3 is 15.5 Å². The van der Waals surface area contributed by atoms with Gasteiger partial charge in [-0.05, 0) is 56.2 Å². The number of aromatic hydroxyl groups is 2. The van der Waals surface area contributed by atoms with Gasteiger partial charge in [0.1, 0.15) is 17.2 Å². The molecular weight excluding hydrogens is 294 g/mol. The summed E-state index contributed by atoms with van der Waals surface area (Å²) in [5.74, 6) is 0.327. The van der Waals surface area contributed by atoms with Crippen LogP contribution in [-0.4, -0.2) is 32.4 Å². The van der Waals surface area contributed by atoms with Crippen molar-refractivity contribution in [1.29, 1.82) is 0 Å². The Bertz CT molecular complexity index is 703. The van der Waals surface area contributed by atoms with E-state index in [9.17, 15) is 15.0 Å². The van der Waals surface area contributed by atoms with Gasteiger partial charge in [-0.2, -0.15) is 5.10 Å². The summed E-state index contributed by atoms with van der Waals surface area (Å²) in [6, 6.07) is 6.62. The van der Waals surface area contributed by atoms with Crippen molar-refractivity contribution >= 4 is 5.91 Å². The van der Waals surface area contributed by atoms with Crippen LogP contribution in [0.3, 0.4) is 0 Å². The average Bonchev–Trinajstić information content (AvgIpc) is 2.95. The molecule has 2 aromatic rings. The Morgan fingerprint density at radius 3 is 2.57 bits per heavy atom. The van der Waals surface area contributed by atoms with Crippen molar-refractivity contribution in [3.8, 4) is 11.5 Å². The van der Waals surface area contributed by atoms with Gasteiger partial charge in [0.05, 0.1) is 0 Å². The number of phenols is 2. The van der Waals surface area contributed by atoms with E-state index in [0.717, 1.165) is 36.9 Å². The zero-order chi connectivity index (χ0) is 16.4. The Labute approximate surface area is 134 Å². The average molecular weight is 315 g/mol. The van der Waals surface area contributed by atoms with E-state index in [1.54, 1.807) is 18.2 Å². The number of aromatic amines is 1. The smallest absolute Gasteiger partial charge is 0.271 e. The second-order valence-corrected chi connectivity index (χ2v) is 6.20. The van der Waals surface area contributed by atoms with Crippen molar-refractivity contribution in [1.82, 2.24) is 15.5 Å². The first-order chi connectivity index (χ1) is 11.0. The number of benzene rings is 1. The van der Waals surface area contributed by atoms with Crippen LogP contribution in [0.2, 0.25) is 0 Å². The molecule has 4 N–H and O–H groups in total. The number of hydrogen-bond acceptors (Lipinski definition) is 4. The van der Waals surface area contributed by atoms with Crippen LogP contribution in [0, 0.1) is 6.92 Å². The highest BCUT2D eigenvalue weighted by atomic mass is 16.3. The van der Waals surface area contributed by atoms with Crippen molar-refractivity contribution in [2.45, 2.75) is 44.6 Å². The fourth-order valence-electron chi connectivity index (χ4n) is 3.22. The zero-order valence-corrected chi connectivity index (χ0v) is 13.0. The van der Waals surface area contributed by atoms with E-state index >= 15 is 0 Å². The third-order valence-electron chi connectivity index (χ3n) is 4.45. The SMILES string of the molecule is Cc1cc(C(=O)NC2CCC(c3ccc(O)cc3O)CC2)n[nH]1. The quantitative estimate of drug-likeness (QED) is 0.699. The number of amides is 1. The first-order valence-electron chi connectivity index (χ1n) is 7.87. The number of H-pyrrole nitrogens is 1. The summed E-state index contributed by atoms with van der Waals surface area (Å²) >= 11 is 0. The lowest BCUT2D eigenvalue weighted by molar-refractivity contribution is 0.0920. The number of carbonyl (C=O) groups excluding carboxylic acids is 1. The maximum Gasteiger partial charge on any atom is 0.271 e. The minimum Gasteiger partial charge on any atom is -0.508 e. The highest BCUT2D eigenvalue weighted by molar-refractivity contribution is 5.92.